The lowest BCUT2D eigenvalue weighted by atomic mass is 10.1. The smallest absolute Gasteiger partial charge is 0.128 e. The van der Waals surface area contributed by atoms with Crippen molar-refractivity contribution >= 4 is 16.7 Å². The van der Waals surface area contributed by atoms with E-state index < -0.39 is 0 Å². The molecule has 0 radical (unpaired) electrons. The minimum absolute atomic E-state index is 0.660. The van der Waals surface area contributed by atoms with Gasteiger partial charge in [0.05, 0.1) is 17.1 Å². The Morgan fingerprint density at radius 3 is 2.83 bits per heavy atom. The van der Waals surface area contributed by atoms with Gasteiger partial charge in [0.25, 0.3) is 0 Å². The number of nitriles is 1. The van der Waals surface area contributed by atoms with Gasteiger partial charge in [-0.15, -0.1) is 0 Å². The minimum Gasteiger partial charge on any atom is -0.369 e. The number of aromatic nitrogens is 1. The van der Waals surface area contributed by atoms with Gasteiger partial charge in [0.1, 0.15) is 5.82 Å². The first-order chi connectivity index (χ1) is 8.70. The normalized spacial score (nSPS) is 10.6. The number of likely N-dealkylation sites (N-methyl/N-ethyl adjacent to an activating group) is 1. The molecule has 2 aromatic rings. The number of fused-ring (bicyclic) bond motifs is 1. The average molecular weight is 240 g/mol. The monoisotopic (exact) mass is 240 g/mol. The standard InChI is InChI=1S/C14H16N4/c1-18(2)8-7-16-14-9-11(10-15)12-5-3-4-6-13(12)17-14/h3-6,9H,7-8H2,1-2H3,(H,16,17). The third kappa shape index (κ3) is 2.76. The molecule has 4 heteroatoms. The molecule has 4 nitrogen and oxygen atoms in total. The molecule has 0 saturated heterocycles. The number of nitrogens with one attached hydrogen (secondary N) is 1. The second-order valence-corrected chi connectivity index (χ2v) is 4.41. The van der Waals surface area contributed by atoms with Crippen LogP contribution in [0.5, 0.6) is 0 Å². The van der Waals surface area contributed by atoms with Crippen molar-refractivity contribution in [2.75, 3.05) is 32.5 Å². The summed E-state index contributed by atoms with van der Waals surface area (Å²) >= 11 is 0. The van der Waals surface area contributed by atoms with Gasteiger partial charge in [-0.25, -0.2) is 4.98 Å². The number of para-hydroxylation sites is 1. The molecule has 1 aromatic heterocycles. The lowest BCUT2D eigenvalue weighted by Crippen LogP contribution is -2.21. The summed E-state index contributed by atoms with van der Waals surface area (Å²) in [7, 11) is 4.05. The molecule has 0 fully saturated rings. The molecule has 0 amide bonds. The molecule has 0 aliphatic heterocycles. The maximum Gasteiger partial charge on any atom is 0.128 e. The summed E-state index contributed by atoms with van der Waals surface area (Å²) in [4.78, 5) is 6.60. The summed E-state index contributed by atoms with van der Waals surface area (Å²) in [5.74, 6) is 0.757. The lowest BCUT2D eigenvalue weighted by molar-refractivity contribution is 0.425. The van der Waals surface area contributed by atoms with Gasteiger partial charge in [-0.05, 0) is 26.2 Å². The Morgan fingerprint density at radius 2 is 2.11 bits per heavy atom. The van der Waals surface area contributed by atoms with Crippen molar-refractivity contribution < 1.29 is 0 Å². The first-order valence-corrected chi connectivity index (χ1v) is 5.89. The van der Waals surface area contributed by atoms with Gasteiger partial charge in [-0.1, -0.05) is 18.2 Å². The molecule has 0 saturated carbocycles. The van der Waals surface area contributed by atoms with E-state index in [9.17, 15) is 0 Å². The number of nitrogens with zero attached hydrogens (tertiary/aromatic N) is 3. The van der Waals surface area contributed by atoms with Crippen LogP contribution in [-0.2, 0) is 0 Å². The quantitative estimate of drug-likeness (QED) is 0.889. The molecule has 0 atom stereocenters. The van der Waals surface area contributed by atoms with Crippen molar-refractivity contribution in [2.45, 2.75) is 0 Å². The van der Waals surface area contributed by atoms with Crippen LogP contribution in [0.15, 0.2) is 30.3 Å². The van der Waals surface area contributed by atoms with Gasteiger partial charge in [-0.2, -0.15) is 5.26 Å². The fourth-order valence-corrected chi connectivity index (χ4v) is 1.77. The van der Waals surface area contributed by atoms with Crippen LogP contribution in [0.4, 0.5) is 5.82 Å². The Morgan fingerprint density at radius 1 is 1.33 bits per heavy atom. The number of hydrogen-bond donors (Lipinski definition) is 1. The van der Waals surface area contributed by atoms with Crippen LogP contribution in [0.25, 0.3) is 10.9 Å². The summed E-state index contributed by atoms with van der Waals surface area (Å²) < 4.78 is 0. The maximum atomic E-state index is 9.16. The topological polar surface area (TPSA) is 52.0 Å². The van der Waals surface area contributed by atoms with Crippen LogP contribution in [-0.4, -0.2) is 37.1 Å². The first kappa shape index (κ1) is 12.3. The predicted molar refractivity (Wildman–Crippen MR) is 73.5 cm³/mol. The van der Waals surface area contributed by atoms with Crippen molar-refractivity contribution in [3.63, 3.8) is 0 Å². The van der Waals surface area contributed by atoms with Gasteiger partial charge in [-0.3, -0.25) is 0 Å². The number of anilines is 1. The van der Waals surface area contributed by atoms with Gasteiger partial charge < -0.3 is 10.2 Å². The molecule has 0 bridgehead atoms. The molecule has 1 N–H and O–H groups in total. The largest absolute Gasteiger partial charge is 0.369 e. The van der Waals surface area contributed by atoms with Crippen LogP contribution < -0.4 is 5.32 Å². The lowest BCUT2D eigenvalue weighted by Gasteiger charge is -2.11. The van der Waals surface area contributed by atoms with Crippen LogP contribution in [0.1, 0.15) is 5.56 Å². The van der Waals surface area contributed by atoms with Crippen molar-refractivity contribution in [1.29, 1.82) is 5.26 Å². The minimum atomic E-state index is 0.660. The molecule has 1 heterocycles. The molecular formula is C14H16N4. The molecule has 0 aliphatic carbocycles. The van der Waals surface area contributed by atoms with Crippen molar-refractivity contribution in [1.82, 2.24) is 9.88 Å². The van der Waals surface area contributed by atoms with Gasteiger partial charge in [0.15, 0.2) is 0 Å². The highest BCUT2D eigenvalue weighted by Gasteiger charge is 2.04. The Balaban J connectivity index is 2.27. The van der Waals surface area contributed by atoms with Gasteiger partial charge in [0, 0.05) is 18.5 Å². The van der Waals surface area contributed by atoms with E-state index in [0.29, 0.717) is 5.56 Å². The van der Waals surface area contributed by atoms with Crippen molar-refractivity contribution in [3.8, 4) is 6.07 Å². The van der Waals surface area contributed by atoms with E-state index in [1.165, 1.54) is 0 Å². The number of hydrogen-bond acceptors (Lipinski definition) is 4. The number of benzene rings is 1. The van der Waals surface area contributed by atoms with E-state index in [1.54, 1.807) is 6.07 Å². The number of pyridine rings is 1. The van der Waals surface area contributed by atoms with E-state index in [-0.39, 0.29) is 0 Å². The third-order valence-corrected chi connectivity index (χ3v) is 2.70. The predicted octanol–water partition coefficient (Wildman–Crippen LogP) is 2.08. The van der Waals surface area contributed by atoms with Crippen LogP contribution in [0.3, 0.4) is 0 Å². The highest BCUT2D eigenvalue weighted by atomic mass is 15.1. The summed E-state index contributed by atoms with van der Waals surface area (Å²) in [5, 5.41) is 13.3. The average Bonchev–Trinajstić information content (AvgIpc) is 2.37. The fourth-order valence-electron chi connectivity index (χ4n) is 1.77. The molecule has 92 valence electrons. The summed E-state index contributed by atoms with van der Waals surface area (Å²) in [6.45, 7) is 1.74. The third-order valence-electron chi connectivity index (χ3n) is 2.70. The van der Waals surface area contributed by atoms with Crippen LogP contribution in [0.2, 0.25) is 0 Å². The molecular weight excluding hydrogens is 224 g/mol. The van der Waals surface area contributed by atoms with Crippen LogP contribution in [0, 0.1) is 11.3 Å². The fraction of sp³-hybridized carbons (Fsp3) is 0.286. The van der Waals surface area contributed by atoms with Crippen molar-refractivity contribution in [3.05, 3.63) is 35.9 Å². The van der Waals surface area contributed by atoms with Crippen LogP contribution >= 0.6 is 0 Å². The zero-order valence-corrected chi connectivity index (χ0v) is 10.6. The Bertz CT molecular complexity index is 584. The van der Waals surface area contributed by atoms with E-state index in [4.69, 9.17) is 5.26 Å². The maximum absolute atomic E-state index is 9.16. The van der Waals surface area contributed by atoms with E-state index in [1.807, 2.05) is 38.4 Å². The second-order valence-electron chi connectivity index (χ2n) is 4.41. The Hall–Kier alpha value is -2.12. The SMILES string of the molecule is CN(C)CCNc1cc(C#N)c2ccccc2n1. The van der Waals surface area contributed by atoms with E-state index in [0.717, 1.165) is 29.8 Å². The number of rotatable bonds is 4. The first-order valence-electron chi connectivity index (χ1n) is 5.89. The zero-order valence-electron chi connectivity index (χ0n) is 10.6. The molecule has 0 spiro atoms. The zero-order chi connectivity index (χ0) is 13.0. The molecule has 2 rings (SSSR count). The molecule has 1 aromatic carbocycles. The summed E-state index contributed by atoms with van der Waals surface area (Å²) in [5.41, 5.74) is 1.51. The molecule has 18 heavy (non-hydrogen) atoms. The molecule has 0 unspecified atom stereocenters. The highest BCUT2D eigenvalue weighted by molar-refractivity contribution is 5.86. The van der Waals surface area contributed by atoms with E-state index in [2.05, 4.69) is 21.3 Å². The summed E-state index contributed by atoms with van der Waals surface area (Å²) in [6, 6.07) is 11.7. The highest BCUT2D eigenvalue weighted by Crippen LogP contribution is 2.19. The Kier molecular flexibility index (Phi) is 3.75. The van der Waals surface area contributed by atoms with Crippen molar-refractivity contribution in [2.24, 2.45) is 0 Å². The second kappa shape index (κ2) is 5.48. The Labute approximate surface area is 107 Å². The van der Waals surface area contributed by atoms with Gasteiger partial charge in [0.2, 0.25) is 0 Å². The molecule has 0 aliphatic rings. The summed E-state index contributed by atoms with van der Waals surface area (Å²) in [6.07, 6.45) is 0. The van der Waals surface area contributed by atoms with E-state index >= 15 is 0 Å². The van der Waals surface area contributed by atoms with Gasteiger partial charge >= 0.3 is 0 Å².